The average Bonchev–Trinajstić information content (AvgIpc) is 3.50. The number of imidazole rings is 1. The van der Waals surface area contributed by atoms with E-state index in [4.69, 9.17) is 30.0 Å². The molecule has 4 aromatic rings. The molecule has 7 N–H and O–H groups in total. The molecule has 40 heavy (non-hydrogen) atoms. The van der Waals surface area contributed by atoms with E-state index >= 15 is 0 Å². The number of fused-ring (bicyclic) bond motifs is 3. The molecule has 3 aliphatic rings. The lowest BCUT2D eigenvalue weighted by Crippen LogP contribution is -2.24. The molecule has 8 atom stereocenters. The molecule has 3 unspecified atom stereocenters. The Morgan fingerprint density at radius 1 is 1.23 bits per heavy atom. The third kappa shape index (κ3) is 4.02. The quantitative estimate of drug-likeness (QED) is 0.121. The van der Waals surface area contributed by atoms with Crippen LogP contribution in [0, 0.1) is 0 Å². The highest BCUT2D eigenvalue weighted by Crippen LogP contribution is 2.65. The van der Waals surface area contributed by atoms with E-state index in [1.165, 1.54) is 17.2 Å². The minimum absolute atomic E-state index is 0.0126. The van der Waals surface area contributed by atoms with Gasteiger partial charge in [-0.2, -0.15) is 4.98 Å². The molecule has 0 radical (unpaired) electrons. The molecule has 1 aliphatic carbocycles. The summed E-state index contributed by atoms with van der Waals surface area (Å²) in [5.74, 6) is 0.194. The summed E-state index contributed by atoms with van der Waals surface area (Å²) in [5, 5.41) is 21.5. The molecule has 1 saturated carbocycles. The Bertz CT molecular complexity index is 1750. The first-order chi connectivity index (χ1) is 19.1. The standard InChI is InChI=1S/C21H24N9O8PS/c22-15-9-1-2-29(16(9)25-6-24-15)11-4-21(33)13(36-11)14(21)38-39(34,40)37-10-3-8(5-31)35-19(10)30-7-26-12-17(30)27-20(23)28-18(12)32/h1-2,6-8,10-11,13-14,19,31,33H,3-5H2,(H,34,40)(H2,22,24,25)(H3,23,27,28,32)/t8-,10?,11+,13+,14?,19+,21-,39?/m0/s1. The summed E-state index contributed by atoms with van der Waals surface area (Å²) < 4.78 is 39.8. The lowest BCUT2D eigenvalue weighted by Gasteiger charge is -2.24. The monoisotopic (exact) mass is 593 g/mol. The zero-order valence-corrected chi connectivity index (χ0v) is 22.3. The number of aromatic amines is 1. The molecule has 17 nitrogen and oxygen atoms in total. The number of rotatable bonds is 7. The maximum absolute atomic E-state index is 13.4. The van der Waals surface area contributed by atoms with Gasteiger partial charge in [-0.05, 0) is 6.07 Å². The van der Waals surface area contributed by atoms with Gasteiger partial charge in [-0.3, -0.25) is 23.4 Å². The smallest absolute Gasteiger partial charge is 0.387 e. The zero-order valence-electron chi connectivity index (χ0n) is 20.5. The number of aliphatic hydroxyl groups excluding tert-OH is 1. The van der Waals surface area contributed by atoms with Crippen LogP contribution in [-0.2, 0) is 23.1 Å². The largest absolute Gasteiger partial charge is 0.394 e. The number of nitrogens with two attached hydrogens (primary N) is 2. The van der Waals surface area contributed by atoms with Gasteiger partial charge in [0.25, 0.3) is 5.56 Å². The minimum Gasteiger partial charge on any atom is -0.394 e. The first-order valence-electron chi connectivity index (χ1n) is 12.2. The fourth-order valence-electron chi connectivity index (χ4n) is 5.45. The Kier molecular flexibility index (Phi) is 5.79. The van der Waals surface area contributed by atoms with Crippen molar-refractivity contribution < 1.29 is 33.3 Å². The molecule has 212 valence electrons. The number of anilines is 2. The van der Waals surface area contributed by atoms with Gasteiger partial charge in [0.05, 0.1) is 24.4 Å². The van der Waals surface area contributed by atoms with Crippen molar-refractivity contribution in [3.63, 3.8) is 0 Å². The van der Waals surface area contributed by atoms with Gasteiger partial charge >= 0.3 is 6.80 Å². The first-order valence-corrected chi connectivity index (χ1v) is 14.9. The molecule has 4 aromatic heterocycles. The van der Waals surface area contributed by atoms with Crippen LogP contribution in [0.1, 0.15) is 25.3 Å². The number of nitrogens with one attached hydrogen (secondary N) is 1. The lowest BCUT2D eigenvalue weighted by molar-refractivity contribution is -0.0475. The molecule has 2 aliphatic heterocycles. The van der Waals surface area contributed by atoms with Gasteiger partial charge in [0.1, 0.15) is 47.9 Å². The second-order valence-corrected chi connectivity index (χ2v) is 12.7. The van der Waals surface area contributed by atoms with E-state index in [0.717, 1.165) is 0 Å². The summed E-state index contributed by atoms with van der Waals surface area (Å²) in [5.41, 5.74) is 10.3. The Morgan fingerprint density at radius 2 is 2.05 bits per heavy atom. The number of nitrogen functional groups attached to an aromatic ring is 2. The Hall–Kier alpha value is -3.09. The highest BCUT2D eigenvalue weighted by molar-refractivity contribution is 8.44. The van der Waals surface area contributed by atoms with Gasteiger partial charge in [-0.1, -0.05) is 12.2 Å². The van der Waals surface area contributed by atoms with Gasteiger partial charge in [0, 0.05) is 19.0 Å². The predicted molar refractivity (Wildman–Crippen MR) is 140 cm³/mol. The van der Waals surface area contributed by atoms with E-state index in [1.807, 2.05) is 0 Å². The van der Waals surface area contributed by atoms with Crippen molar-refractivity contribution in [2.45, 2.75) is 55.3 Å². The van der Waals surface area contributed by atoms with Crippen molar-refractivity contribution in [3.8, 4) is 0 Å². The maximum atomic E-state index is 13.4. The fraction of sp³-hybridized carbons (Fsp3) is 0.476. The topological polar surface area (TPSA) is 241 Å². The van der Waals surface area contributed by atoms with Crippen LogP contribution in [0.3, 0.4) is 0 Å². The van der Waals surface area contributed by atoms with Gasteiger partial charge < -0.3 is 35.7 Å². The second kappa shape index (κ2) is 8.95. The van der Waals surface area contributed by atoms with E-state index in [2.05, 4.69) is 37.2 Å². The summed E-state index contributed by atoms with van der Waals surface area (Å²) in [7, 11) is 0. The molecule has 7 rings (SSSR count). The summed E-state index contributed by atoms with van der Waals surface area (Å²) in [6, 6.07) is 1.76. The molecule has 3 fully saturated rings. The summed E-state index contributed by atoms with van der Waals surface area (Å²) >= 11 is 4.14. The van der Waals surface area contributed by atoms with Gasteiger partial charge in [0.15, 0.2) is 17.4 Å². The van der Waals surface area contributed by atoms with E-state index in [-0.39, 0.29) is 36.6 Å². The molecule has 0 bridgehead atoms. The third-order valence-corrected chi connectivity index (χ3v) is 8.99. The van der Waals surface area contributed by atoms with E-state index in [9.17, 15) is 19.6 Å². The molecule has 0 amide bonds. The molecule has 0 spiro atoms. The number of aromatic nitrogens is 7. The summed E-state index contributed by atoms with van der Waals surface area (Å²) in [6.07, 6.45) is -0.265. The minimum atomic E-state index is -4.11. The molecule has 19 heteroatoms. The molecule has 0 aromatic carbocycles. The summed E-state index contributed by atoms with van der Waals surface area (Å²) in [4.78, 5) is 31.0. The fourth-order valence-corrected chi connectivity index (χ4v) is 7.28. The Morgan fingerprint density at radius 3 is 2.80 bits per heavy atom. The number of hydrogen-bond acceptors (Lipinski definition) is 14. The second-order valence-electron chi connectivity index (χ2n) is 9.91. The zero-order chi connectivity index (χ0) is 28.0. The van der Waals surface area contributed by atoms with Crippen molar-refractivity contribution in [3.05, 3.63) is 35.3 Å². The SMILES string of the molecule is Nc1nc2c(ncn2[C@@H]2O[C@H](CO)CC2OP(=O)(S)OC2[C@H]3O[C@@H](n4ccc5c(N)ncnc54)C[C@@]23O)c(=O)[nH]1. The normalized spacial score (nSPS) is 33.0. The van der Waals surface area contributed by atoms with E-state index in [1.54, 1.807) is 16.8 Å². The van der Waals surface area contributed by atoms with Crippen LogP contribution in [0.25, 0.3) is 22.2 Å². The van der Waals surface area contributed by atoms with Crippen molar-refractivity contribution in [2.24, 2.45) is 0 Å². The number of nitrogens with zero attached hydrogens (tertiary/aromatic N) is 6. The van der Waals surface area contributed by atoms with Crippen LogP contribution < -0.4 is 17.0 Å². The van der Waals surface area contributed by atoms with E-state index in [0.29, 0.717) is 16.9 Å². The molecule has 6 heterocycles. The van der Waals surface area contributed by atoms with Crippen molar-refractivity contribution in [1.29, 1.82) is 0 Å². The number of ether oxygens (including phenoxy) is 2. The van der Waals surface area contributed by atoms with Crippen LogP contribution >= 0.6 is 19.0 Å². The van der Waals surface area contributed by atoms with Crippen LogP contribution in [0.2, 0.25) is 0 Å². The van der Waals surface area contributed by atoms with Crippen LogP contribution in [-0.4, -0.2) is 80.9 Å². The molecular weight excluding hydrogens is 569 g/mol. The third-order valence-electron chi connectivity index (χ3n) is 7.40. The molecule has 2 saturated heterocycles. The number of H-pyrrole nitrogens is 1. The lowest BCUT2D eigenvalue weighted by atomic mass is 10.2. The molecular formula is C21H24N9O8PS. The number of hydrogen-bond donors (Lipinski definition) is 6. The van der Waals surface area contributed by atoms with Crippen molar-refractivity contribution in [1.82, 2.24) is 34.1 Å². The van der Waals surface area contributed by atoms with Crippen molar-refractivity contribution >= 4 is 53.0 Å². The highest BCUT2D eigenvalue weighted by atomic mass is 32.7. The number of aliphatic hydroxyl groups is 2. The van der Waals surface area contributed by atoms with Gasteiger partial charge in [0.2, 0.25) is 5.95 Å². The predicted octanol–water partition coefficient (Wildman–Crippen LogP) is -0.151. The Labute approximate surface area is 229 Å². The number of thiol groups is 1. The van der Waals surface area contributed by atoms with Gasteiger partial charge in [-0.25, -0.2) is 19.5 Å². The summed E-state index contributed by atoms with van der Waals surface area (Å²) in [6.45, 7) is -4.46. The van der Waals surface area contributed by atoms with E-state index < -0.39 is 54.8 Å². The van der Waals surface area contributed by atoms with Crippen LogP contribution in [0.4, 0.5) is 11.8 Å². The highest BCUT2D eigenvalue weighted by Gasteiger charge is 2.74. The van der Waals surface area contributed by atoms with Crippen LogP contribution in [0.5, 0.6) is 0 Å². The maximum Gasteiger partial charge on any atom is 0.387 e. The average molecular weight is 594 g/mol. The first kappa shape index (κ1) is 25.8. The van der Waals surface area contributed by atoms with Gasteiger partial charge in [-0.15, -0.1) is 0 Å². The Balaban J connectivity index is 1.07. The van der Waals surface area contributed by atoms with Crippen LogP contribution in [0.15, 0.2) is 29.7 Å². The van der Waals surface area contributed by atoms with Crippen molar-refractivity contribution in [2.75, 3.05) is 18.1 Å².